The zero-order chi connectivity index (χ0) is 19.7. The number of piperidine rings is 1. The minimum Gasteiger partial charge on any atom is -0.337 e. The minimum absolute atomic E-state index is 0.106. The van der Waals surface area contributed by atoms with Crippen molar-refractivity contribution in [2.45, 2.75) is 46.2 Å². The van der Waals surface area contributed by atoms with Gasteiger partial charge in [-0.1, -0.05) is 12.1 Å². The van der Waals surface area contributed by atoms with Crippen LogP contribution in [0.2, 0.25) is 0 Å². The zero-order valence-electron chi connectivity index (χ0n) is 16.8. The monoisotopic (exact) mass is 384 g/mol. The van der Waals surface area contributed by atoms with Crippen LogP contribution in [0.3, 0.4) is 0 Å². The Hall–Kier alpha value is -2.21. The Kier molecular flexibility index (Phi) is 5.23. The largest absolute Gasteiger partial charge is 0.337 e. The van der Waals surface area contributed by atoms with Gasteiger partial charge in [0.05, 0.1) is 5.69 Å². The molecule has 0 unspecified atom stereocenters. The first-order valence-electron chi connectivity index (χ1n) is 10.3. The van der Waals surface area contributed by atoms with E-state index in [-0.39, 0.29) is 17.1 Å². The molecule has 2 aliphatic heterocycles. The fraction of sp³-hybridized carbons (Fsp3) is 0.545. The van der Waals surface area contributed by atoms with Crippen molar-refractivity contribution in [3.8, 4) is 0 Å². The van der Waals surface area contributed by atoms with E-state index in [9.17, 15) is 9.18 Å². The summed E-state index contributed by atoms with van der Waals surface area (Å²) in [5, 5.41) is 4.42. The van der Waals surface area contributed by atoms with Gasteiger partial charge >= 0.3 is 0 Å². The van der Waals surface area contributed by atoms with E-state index in [2.05, 4.69) is 10.00 Å². The molecule has 4 rings (SSSR count). The van der Waals surface area contributed by atoms with Crippen LogP contribution >= 0.6 is 0 Å². The Labute approximate surface area is 166 Å². The average molecular weight is 384 g/mol. The second kappa shape index (κ2) is 7.66. The molecule has 1 atom stereocenters. The molecule has 0 radical (unpaired) electrons. The molecule has 0 aliphatic carbocycles. The molecule has 0 N–H and O–H groups in total. The van der Waals surface area contributed by atoms with Gasteiger partial charge in [-0.2, -0.15) is 5.10 Å². The van der Waals surface area contributed by atoms with Crippen molar-refractivity contribution >= 4 is 5.91 Å². The number of carbonyl (C=O) groups excluding carboxylic acids is 1. The van der Waals surface area contributed by atoms with Gasteiger partial charge < -0.3 is 4.90 Å². The van der Waals surface area contributed by atoms with E-state index in [1.165, 1.54) is 18.6 Å². The molecule has 150 valence electrons. The smallest absolute Gasteiger partial charge is 0.272 e. The van der Waals surface area contributed by atoms with Crippen molar-refractivity contribution in [1.82, 2.24) is 19.6 Å². The number of likely N-dealkylation sites (tertiary alicyclic amines) is 2. The molecular weight excluding hydrogens is 355 g/mol. The Balaban J connectivity index is 1.43. The molecule has 0 bridgehead atoms. The molecular formula is C22H29FN4O. The van der Waals surface area contributed by atoms with E-state index < -0.39 is 0 Å². The summed E-state index contributed by atoms with van der Waals surface area (Å²) in [6, 6.07) is 8.71. The summed E-state index contributed by atoms with van der Waals surface area (Å²) in [6.07, 6.45) is 3.37. The normalized spacial score (nSPS) is 22.9. The van der Waals surface area contributed by atoms with Gasteiger partial charge in [0.1, 0.15) is 11.5 Å². The highest BCUT2D eigenvalue weighted by Gasteiger charge is 2.43. The number of nitrogens with zero attached hydrogens (tertiary/aromatic N) is 4. The number of hydrogen-bond donors (Lipinski definition) is 0. The molecule has 3 heterocycles. The summed E-state index contributed by atoms with van der Waals surface area (Å²) in [5.41, 5.74) is 2.92. The van der Waals surface area contributed by atoms with E-state index in [0.29, 0.717) is 12.2 Å². The minimum atomic E-state index is -0.189. The summed E-state index contributed by atoms with van der Waals surface area (Å²) in [4.78, 5) is 17.6. The van der Waals surface area contributed by atoms with Gasteiger partial charge in [0, 0.05) is 38.1 Å². The number of halogens is 1. The number of rotatable bonds is 4. The Morgan fingerprint density at radius 3 is 2.71 bits per heavy atom. The summed E-state index contributed by atoms with van der Waals surface area (Å²) < 4.78 is 15.0. The van der Waals surface area contributed by atoms with Crippen molar-refractivity contribution in [2.75, 3.05) is 26.2 Å². The lowest BCUT2D eigenvalue weighted by Crippen LogP contribution is -2.45. The third-order valence-corrected chi connectivity index (χ3v) is 6.21. The summed E-state index contributed by atoms with van der Waals surface area (Å²) in [7, 11) is 0. The molecule has 2 saturated heterocycles. The maximum atomic E-state index is 13.2. The topological polar surface area (TPSA) is 41.4 Å². The van der Waals surface area contributed by atoms with Gasteiger partial charge in [0.15, 0.2) is 0 Å². The van der Waals surface area contributed by atoms with E-state index in [1.807, 2.05) is 41.6 Å². The van der Waals surface area contributed by atoms with Gasteiger partial charge in [0.2, 0.25) is 0 Å². The second-order valence-electron chi connectivity index (χ2n) is 8.40. The Morgan fingerprint density at radius 1 is 1.18 bits per heavy atom. The van der Waals surface area contributed by atoms with Crippen LogP contribution in [0.4, 0.5) is 4.39 Å². The van der Waals surface area contributed by atoms with Crippen LogP contribution in [-0.2, 0) is 13.1 Å². The quantitative estimate of drug-likeness (QED) is 0.810. The first-order valence-corrected chi connectivity index (χ1v) is 10.3. The molecule has 28 heavy (non-hydrogen) atoms. The highest BCUT2D eigenvalue weighted by atomic mass is 19.1. The predicted molar refractivity (Wildman–Crippen MR) is 107 cm³/mol. The third kappa shape index (κ3) is 3.83. The standard InChI is InChI=1S/C22H29FN4O/c1-3-27-20(13-17(2)24-27)21(28)26-12-10-22(16-26)9-4-11-25(15-22)14-18-5-7-19(23)8-6-18/h5-8,13H,3-4,9-12,14-16H2,1-2H3/t22-/m1/s1. The molecule has 1 spiro atoms. The zero-order valence-corrected chi connectivity index (χ0v) is 16.8. The molecule has 6 heteroatoms. The first-order chi connectivity index (χ1) is 13.5. The van der Waals surface area contributed by atoms with E-state index in [1.54, 1.807) is 0 Å². The molecule has 2 aromatic rings. The third-order valence-electron chi connectivity index (χ3n) is 6.21. The van der Waals surface area contributed by atoms with Crippen molar-refractivity contribution in [2.24, 2.45) is 5.41 Å². The van der Waals surface area contributed by atoms with Crippen LogP contribution in [0.5, 0.6) is 0 Å². The maximum Gasteiger partial charge on any atom is 0.272 e. The van der Waals surface area contributed by atoms with Crippen molar-refractivity contribution in [3.63, 3.8) is 0 Å². The lowest BCUT2D eigenvalue weighted by Gasteiger charge is -2.40. The number of amides is 1. The molecule has 0 saturated carbocycles. The van der Waals surface area contributed by atoms with Crippen LogP contribution in [-0.4, -0.2) is 51.7 Å². The summed E-state index contributed by atoms with van der Waals surface area (Å²) in [6.45, 7) is 9.20. The van der Waals surface area contributed by atoms with E-state index >= 15 is 0 Å². The molecule has 2 fully saturated rings. The number of aryl methyl sites for hydroxylation is 2. The maximum absolute atomic E-state index is 13.2. The SMILES string of the molecule is CCn1nc(C)cc1C(=O)N1CC[C@@]2(CCCN(Cc3ccc(F)cc3)C2)C1. The van der Waals surface area contributed by atoms with Crippen LogP contribution < -0.4 is 0 Å². The average Bonchev–Trinajstić information content (AvgIpc) is 3.27. The molecule has 1 aromatic heterocycles. The molecule has 2 aliphatic rings. The Morgan fingerprint density at radius 2 is 1.96 bits per heavy atom. The number of aromatic nitrogens is 2. The lowest BCUT2D eigenvalue weighted by molar-refractivity contribution is 0.0666. The fourth-order valence-corrected chi connectivity index (χ4v) is 4.86. The van der Waals surface area contributed by atoms with Gasteiger partial charge in [-0.25, -0.2) is 4.39 Å². The molecule has 1 amide bonds. The second-order valence-corrected chi connectivity index (χ2v) is 8.40. The van der Waals surface area contributed by atoms with Crippen molar-refractivity contribution < 1.29 is 9.18 Å². The molecule has 5 nitrogen and oxygen atoms in total. The van der Waals surface area contributed by atoms with Crippen molar-refractivity contribution in [3.05, 3.63) is 53.1 Å². The van der Waals surface area contributed by atoms with Crippen LogP contribution in [0.1, 0.15) is 47.9 Å². The first kappa shape index (κ1) is 19.1. The highest BCUT2D eigenvalue weighted by molar-refractivity contribution is 5.93. The van der Waals surface area contributed by atoms with Crippen LogP contribution in [0.15, 0.2) is 30.3 Å². The fourth-order valence-electron chi connectivity index (χ4n) is 4.86. The lowest BCUT2D eigenvalue weighted by atomic mass is 9.79. The van der Waals surface area contributed by atoms with Gasteiger partial charge in [0.25, 0.3) is 5.91 Å². The predicted octanol–water partition coefficient (Wildman–Crippen LogP) is 3.48. The van der Waals surface area contributed by atoms with Crippen LogP contribution in [0, 0.1) is 18.2 Å². The van der Waals surface area contributed by atoms with Gasteiger partial charge in [-0.3, -0.25) is 14.4 Å². The Bertz CT molecular complexity index is 847. The van der Waals surface area contributed by atoms with E-state index in [4.69, 9.17) is 0 Å². The number of benzene rings is 1. The van der Waals surface area contributed by atoms with Crippen LogP contribution in [0.25, 0.3) is 0 Å². The highest BCUT2D eigenvalue weighted by Crippen LogP contribution is 2.39. The summed E-state index contributed by atoms with van der Waals surface area (Å²) in [5.74, 6) is -0.0830. The molecule has 1 aromatic carbocycles. The van der Waals surface area contributed by atoms with Gasteiger partial charge in [-0.05, 0) is 63.4 Å². The van der Waals surface area contributed by atoms with Gasteiger partial charge in [-0.15, -0.1) is 0 Å². The number of carbonyl (C=O) groups is 1. The summed E-state index contributed by atoms with van der Waals surface area (Å²) >= 11 is 0. The number of hydrogen-bond acceptors (Lipinski definition) is 3. The van der Waals surface area contributed by atoms with E-state index in [0.717, 1.165) is 56.8 Å². The van der Waals surface area contributed by atoms with Crippen molar-refractivity contribution in [1.29, 1.82) is 0 Å².